The number of thiophene rings is 1. The van der Waals surface area contributed by atoms with Crippen molar-refractivity contribution in [3.05, 3.63) is 57.2 Å². The smallest absolute Gasteiger partial charge is 0.0442 e. The van der Waals surface area contributed by atoms with Crippen LogP contribution in [-0.2, 0) is 0 Å². The van der Waals surface area contributed by atoms with Crippen molar-refractivity contribution < 1.29 is 0 Å². The van der Waals surface area contributed by atoms with Crippen molar-refractivity contribution in [2.75, 3.05) is 0 Å². The highest BCUT2D eigenvalue weighted by Crippen LogP contribution is 2.29. The van der Waals surface area contributed by atoms with Gasteiger partial charge in [0.05, 0.1) is 0 Å². The van der Waals surface area contributed by atoms with E-state index in [0.717, 1.165) is 5.02 Å². The van der Waals surface area contributed by atoms with E-state index in [2.05, 4.69) is 55.7 Å². The van der Waals surface area contributed by atoms with Crippen molar-refractivity contribution in [3.63, 3.8) is 0 Å². The largest absolute Gasteiger partial charge is 0.302 e. The summed E-state index contributed by atoms with van der Waals surface area (Å²) in [5.41, 5.74) is 1.27. The van der Waals surface area contributed by atoms with E-state index in [1.54, 1.807) is 0 Å². The van der Waals surface area contributed by atoms with Crippen LogP contribution in [0.2, 0.25) is 5.02 Å². The summed E-state index contributed by atoms with van der Waals surface area (Å²) in [6.07, 6.45) is 0. The van der Waals surface area contributed by atoms with E-state index in [9.17, 15) is 0 Å². The minimum atomic E-state index is 0.312. The molecule has 2 rings (SSSR count). The molecular formula is C16H20ClNS. The standard InChI is InChI=1S/C16H20ClNS/c1-11(2)16(15-5-4-10-19-15)18-12(3)13-6-8-14(17)9-7-13/h4-12,16,18H,1-3H3/t12-,16?/m1/s1. The Morgan fingerprint density at radius 3 is 2.26 bits per heavy atom. The van der Waals surface area contributed by atoms with Crippen LogP contribution in [0.25, 0.3) is 0 Å². The molecule has 0 saturated heterocycles. The van der Waals surface area contributed by atoms with Gasteiger partial charge in [0.25, 0.3) is 0 Å². The molecule has 0 bridgehead atoms. The molecule has 0 fully saturated rings. The van der Waals surface area contributed by atoms with Gasteiger partial charge in [-0.05, 0) is 42.0 Å². The van der Waals surface area contributed by atoms with Gasteiger partial charge in [0.1, 0.15) is 0 Å². The molecule has 1 heterocycles. The maximum absolute atomic E-state index is 5.94. The third-order valence-corrected chi connectivity index (χ3v) is 4.52. The maximum Gasteiger partial charge on any atom is 0.0442 e. The zero-order valence-electron chi connectivity index (χ0n) is 11.6. The first-order chi connectivity index (χ1) is 9.08. The summed E-state index contributed by atoms with van der Waals surface area (Å²) in [5, 5.41) is 6.65. The van der Waals surface area contributed by atoms with Gasteiger partial charge >= 0.3 is 0 Å². The minimum Gasteiger partial charge on any atom is -0.302 e. The number of hydrogen-bond donors (Lipinski definition) is 1. The van der Waals surface area contributed by atoms with Gasteiger partial charge in [0.2, 0.25) is 0 Å². The van der Waals surface area contributed by atoms with Crippen molar-refractivity contribution in [1.82, 2.24) is 5.32 Å². The molecule has 19 heavy (non-hydrogen) atoms. The van der Waals surface area contributed by atoms with Crippen LogP contribution in [-0.4, -0.2) is 0 Å². The van der Waals surface area contributed by atoms with E-state index in [-0.39, 0.29) is 0 Å². The van der Waals surface area contributed by atoms with Crippen molar-refractivity contribution >= 4 is 22.9 Å². The third kappa shape index (κ3) is 3.82. The monoisotopic (exact) mass is 293 g/mol. The van der Waals surface area contributed by atoms with Crippen molar-refractivity contribution in [1.29, 1.82) is 0 Å². The molecule has 0 amide bonds. The van der Waals surface area contributed by atoms with Crippen LogP contribution in [0, 0.1) is 5.92 Å². The second-order valence-corrected chi connectivity index (χ2v) is 6.59. The van der Waals surface area contributed by atoms with Gasteiger partial charge in [-0.15, -0.1) is 11.3 Å². The Morgan fingerprint density at radius 2 is 1.74 bits per heavy atom. The molecule has 1 unspecified atom stereocenters. The maximum atomic E-state index is 5.94. The number of hydrogen-bond acceptors (Lipinski definition) is 2. The van der Waals surface area contributed by atoms with Crippen molar-refractivity contribution in [2.45, 2.75) is 32.9 Å². The molecule has 0 radical (unpaired) electrons. The van der Waals surface area contributed by atoms with Crippen molar-refractivity contribution in [2.24, 2.45) is 5.92 Å². The third-order valence-electron chi connectivity index (χ3n) is 3.32. The summed E-state index contributed by atoms with van der Waals surface area (Å²) in [6, 6.07) is 13.1. The molecule has 0 saturated carbocycles. The zero-order valence-corrected chi connectivity index (χ0v) is 13.1. The molecule has 0 aliphatic heterocycles. The molecule has 2 atom stereocenters. The topological polar surface area (TPSA) is 12.0 Å². The van der Waals surface area contributed by atoms with Crippen LogP contribution < -0.4 is 5.32 Å². The lowest BCUT2D eigenvalue weighted by atomic mass is 10.00. The average molecular weight is 294 g/mol. The molecule has 0 spiro atoms. The van der Waals surface area contributed by atoms with Gasteiger partial charge in [0.15, 0.2) is 0 Å². The van der Waals surface area contributed by atoms with Gasteiger partial charge in [-0.2, -0.15) is 0 Å². The van der Waals surface area contributed by atoms with Gasteiger partial charge < -0.3 is 5.32 Å². The first-order valence-corrected chi connectivity index (χ1v) is 7.88. The zero-order chi connectivity index (χ0) is 13.8. The SMILES string of the molecule is CC(C)C(N[C@H](C)c1ccc(Cl)cc1)c1cccs1. The first kappa shape index (κ1) is 14.6. The minimum absolute atomic E-state index is 0.312. The van der Waals surface area contributed by atoms with Gasteiger partial charge in [-0.1, -0.05) is 43.6 Å². The summed E-state index contributed by atoms with van der Waals surface area (Å²) >= 11 is 7.75. The van der Waals surface area contributed by atoms with Gasteiger partial charge in [-0.3, -0.25) is 0 Å². The quantitative estimate of drug-likeness (QED) is 0.773. The lowest BCUT2D eigenvalue weighted by molar-refractivity contribution is 0.379. The lowest BCUT2D eigenvalue weighted by Crippen LogP contribution is -2.27. The second-order valence-electron chi connectivity index (χ2n) is 5.18. The highest BCUT2D eigenvalue weighted by atomic mass is 35.5. The van der Waals surface area contributed by atoms with Crippen LogP contribution in [0.4, 0.5) is 0 Å². The van der Waals surface area contributed by atoms with Crippen LogP contribution in [0.1, 0.15) is 43.3 Å². The molecule has 1 aromatic carbocycles. The fourth-order valence-electron chi connectivity index (χ4n) is 2.19. The van der Waals surface area contributed by atoms with E-state index >= 15 is 0 Å². The second kappa shape index (κ2) is 6.56. The van der Waals surface area contributed by atoms with Crippen LogP contribution in [0.5, 0.6) is 0 Å². The lowest BCUT2D eigenvalue weighted by Gasteiger charge is -2.26. The Bertz CT molecular complexity index is 490. The Labute approximate surface area is 124 Å². The summed E-state index contributed by atoms with van der Waals surface area (Å²) in [6.45, 7) is 6.71. The molecule has 0 aliphatic carbocycles. The Kier molecular flexibility index (Phi) is 5.03. The van der Waals surface area contributed by atoms with E-state index in [1.165, 1.54) is 10.4 Å². The molecule has 102 valence electrons. The van der Waals surface area contributed by atoms with E-state index < -0.39 is 0 Å². The fourth-order valence-corrected chi connectivity index (χ4v) is 3.27. The predicted molar refractivity (Wildman–Crippen MR) is 84.9 cm³/mol. The van der Waals surface area contributed by atoms with Crippen LogP contribution >= 0.6 is 22.9 Å². The highest BCUT2D eigenvalue weighted by Gasteiger charge is 2.19. The summed E-state index contributed by atoms with van der Waals surface area (Å²) in [4.78, 5) is 1.40. The average Bonchev–Trinajstić information content (AvgIpc) is 2.89. The predicted octanol–water partition coefficient (Wildman–Crippen LogP) is 5.45. The molecule has 1 aromatic heterocycles. The summed E-state index contributed by atoms with van der Waals surface area (Å²) < 4.78 is 0. The number of benzene rings is 1. The Balaban J connectivity index is 2.11. The van der Waals surface area contributed by atoms with E-state index in [1.807, 2.05) is 23.5 Å². The first-order valence-electron chi connectivity index (χ1n) is 6.63. The molecule has 0 aliphatic rings. The molecule has 1 nitrogen and oxygen atoms in total. The Morgan fingerprint density at radius 1 is 1.05 bits per heavy atom. The van der Waals surface area contributed by atoms with Crippen LogP contribution in [0.3, 0.4) is 0 Å². The normalized spacial score (nSPS) is 14.6. The van der Waals surface area contributed by atoms with Crippen molar-refractivity contribution in [3.8, 4) is 0 Å². The van der Waals surface area contributed by atoms with E-state index in [4.69, 9.17) is 11.6 Å². The molecule has 3 heteroatoms. The number of halogens is 1. The number of nitrogens with one attached hydrogen (secondary N) is 1. The molecule has 1 N–H and O–H groups in total. The fraction of sp³-hybridized carbons (Fsp3) is 0.375. The molecular weight excluding hydrogens is 274 g/mol. The molecule has 2 aromatic rings. The number of rotatable bonds is 5. The summed E-state index contributed by atoms with van der Waals surface area (Å²) in [7, 11) is 0. The van der Waals surface area contributed by atoms with E-state index in [0.29, 0.717) is 18.0 Å². The highest BCUT2D eigenvalue weighted by molar-refractivity contribution is 7.10. The van der Waals surface area contributed by atoms with Gasteiger partial charge in [0, 0.05) is 22.0 Å². The van der Waals surface area contributed by atoms with Gasteiger partial charge in [-0.25, -0.2) is 0 Å². The summed E-state index contributed by atoms with van der Waals surface area (Å²) in [5.74, 6) is 0.563. The Hall–Kier alpha value is -0.830. The van der Waals surface area contributed by atoms with Crippen LogP contribution in [0.15, 0.2) is 41.8 Å².